The van der Waals surface area contributed by atoms with Crippen LogP contribution in [0.25, 0.3) is 0 Å². The summed E-state index contributed by atoms with van der Waals surface area (Å²) in [6, 6.07) is -1.37. The molecule has 232 valence electrons. The zero-order valence-electron chi connectivity index (χ0n) is 28.2. The predicted molar refractivity (Wildman–Crippen MR) is 170 cm³/mol. The first kappa shape index (κ1) is 34.3. The van der Waals surface area contributed by atoms with Crippen LogP contribution in [0.2, 0.25) is 0 Å². The van der Waals surface area contributed by atoms with Gasteiger partial charge in [0.25, 0.3) is 0 Å². The molecule has 1 amide bonds. The average molecular weight is 556 g/mol. The zero-order valence-corrected chi connectivity index (χ0v) is 26.2. The minimum atomic E-state index is -2.69. The van der Waals surface area contributed by atoms with E-state index in [-0.39, 0.29) is 5.91 Å². The van der Waals surface area contributed by atoms with Crippen molar-refractivity contribution in [2.24, 2.45) is 0 Å². The van der Waals surface area contributed by atoms with E-state index in [9.17, 15) is 15.0 Å². The predicted octanol–water partition coefficient (Wildman–Crippen LogP) is 9.95. The Morgan fingerprint density at radius 1 is 0.641 bits per heavy atom. The molecule has 2 atom stereocenters. The first-order valence-electron chi connectivity index (χ1n) is 18.2. The van der Waals surface area contributed by atoms with Crippen LogP contribution in [0.5, 0.6) is 0 Å². The van der Waals surface area contributed by atoms with E-state index < -0.39 is 18.7 Å². The number of amides is 1. The first-order valence-corrected chi connectivity index (χ1v) is 17.2. The maximum Gasteiger partial charge on any atom is 0.220 e. The van der Waals surface area contributed by atoms with E-state index in [4.69, 9.17) is 2.74 Å². The number of unbranched alkanes of at least 4 members (excludes halogenated alkanes) is 24. The molecule has 0 bridgehead atoms. The lowest BCUT2D eigenvalue weighted by Crippen LogP contribution is -2.45. The number of aliphatic hydroxyl groups is 2. The highest BCUT2D eigenvalue weighted by atomic mass is 16.4. The lowest BCUT2D eigenvalue weighted by molar-refractivity contribution is -0.123. The van der Waals surface area contributed by atoms with Gasteiger partial charge in [-0.15, -0.1) is 0 Å². The van der Waals surface area contributed by atoms with Crippen molar-refractivity contribution in [2.45, 2.75) is 199 Å². The number of nitrogens with one attached hydrogen (secondary N) is 1. The highest BCUT2D eigenvalue weighted by Gasteiger charge is 2.17. The first-order chi connectivity index (χ1) is 19.8. The van der Waals surface area contributed by atoms with Gasteiger partial charge in [-0.25, -0.2) is 0 Å². The third kappa shape index (κ3) is 28.5. The van der Waals surface area contributed by atoms with Crippen LogP contribution in [-0.4, -0.2) is 34.8 Å². The monoisotopic (exact) mass is 556 g/mol. The van der Waals surface area contributed by atoms with Crippen molar-refractivity contribution in [3.8, 4) is 0 Å². The molecule has 0 saturated carbocycles. The SMILES string of the molecule is [2H][13C]([2H])(O)[13C@H](NC(=O)CCCCCCCCCCCCCCCC)[C@H](O)/C=C/CCCCCCCCCCCCC. The molecule has 0 aromatic heterocycles. The molecule has 0 fully saturated rings. The molecule has 4 heteroatoms. The number of rotatable bonds is 31. The minimum Gasteiger partial charge on any atom is -0.394 e. The summed E-state index contributed by atoms with van der Waals surface area (Å²) in [4.78, 5) is 12.4. The van der Waals surface area contributed by atoms with Crippen LogP contribution in [0, 0.1) is 0 Å². The van der Waals surface area contributed by atoms with Gasteiger partial charge in [-0.1, -0.05) is 174 Å². The van der Waals surface area contributed by atoms with Gasteiger partial charge in [-0.05, 0) is 19.3 Å². The van der Waals surface area contributed by atoms with Crippen LogP contribution < -0.4 is 5.32 Å². The minimum absolute atomic E-state index is 0.291. The van der Waals surface area contributed by atoms with Gasteiger partial charge in [-0.2, -0.15) is 0 Å². The molecule has 0 aromatic carbocycles. The van der Waals surface area contributed by atoms with Gasteiger partial charge in [0.05, 0.1) is 21.4 Å². The highest BCUT2D eigenvalue weighted by Crippen LogP contribution is 2.14. The van der Waals surface area contributed by atoms with E-state index in [1.807, 2.05) is 6.08 Å². The quantitative estimate of drug-likeness (QED) is 0.0453. The van der Waals surface area contributed by atoms with Crippen molar-refractivity contribution in [1.82, 2.24) is 5.32 Å². The molecular weight excluding hydrogens is 484 g/mol. The highest BCUT2D eigenvalue weighted by molar-refractivity contribution is 5.76. The number of allylic oxidation sites excluding steroid dienone is 1. The Labute approximate surface area is 247 Å². The maximum absolute atomic E-state index is 12.4. The number of carbonyl (C=O) groups is 1. The van der Waals surface area contributed by atoms with Crippen LogP contribution >= 0.6 is 0 Å². The summed E-state index contributed by atoms with van der Waals surface area (Å²) in [5.41, 5.74) is 0. The van der Waals surface area contributed by atoms with Gasteiger partial charge < -0.3 is 15.5 Å². The molecule has 0 aliphatic heterocycles. The van der Waals surface area contributed by atoms with E-state index in [2.05, 4.69) is 19.2 Å². The van der Waals surface area contributed by atoms with E-state index in [1.165, 1.54) is 134 Å². The summed E-state index contributed by atoms with van der Waals surface area (Å²) >= 11 is 0. The topological polar surface area (TPSA) is 69.6 Å². The third-order valence-electron chi connectivity index (χ3n) is 7.86. The number of hydrogen-bond donors (Lipinski definition) is 3. The van der Waals surface area contributed by atoms with Gasteiger partial charge >= 0.3 is 0 Å². The normalized spacial score (nSPS) is 14.4. The molecule has 0 aliphatic rings. The standard InChI is InChI=1S/C35H69NO3/c1-3-5-7-9-11-13-15-17-19-21-23-25-27-29-31-35(39)36-33(32-37)34(38)30-28-26-24-22-20-18-16-14-12-10-8-6-4-2/h28,30,33-34,37-38H,3-27,29,31-32H2,1-2H3,(H,36,39)/b30-28+/t33-,34+/m0/s1/i32+1D2,33+1. The molecule has 0 aromatic rings. The van der Waals surface area contributed by atoms with Crippen LogP contribution in [0.15, 0.2) is 12.2 Å². The molecule has 0 unspecified atom stereocenters. The molecule has 0 spiro atoms. The van der Waals surface area contributed by atoms with Crippen molar-refractivity contribution in [1.29, 1.82) is 0 Å². The fraction of sp³-hybridized carbons (Fsp3) is 0.914. The smallest absolute Gasteiger partial charge is 0.220 e. The van der Waals surface area contributed by atoms with Gasteiger partial charge in [0.1, 0.15) is 0 Å². The Morgan fingerprint density at radius 2 is 1.00 bits per heavy atom. The van der Waals surface area contributed by atoms with Gasteiger partial charge in [0, 0.05) is 6.42 Å². The van der Waals surface area contributed by atoms with Gasteiger partial charge in [0.15, 0.2) is 0 Å². The average Bonchev–Trinajstić information content (AvgIpc) is 2.93. The van der Waals surface area contributed by atoms with E-state index in [0.29, 0.717) is 6.42 Å². The second-order valence-corrected chi connectivity index (χ2v) is 11.8. The molecule has 0 heterocycles. The van der Waals surface area contributed by atoms with Crippen LogP contribution in [0.1, 0.15) is 190 Å². The molecule has 3 N–H and O–H groups in total. The Balaban J connectivity index is 3.88. The summed E-state index contributed by atoms with van der Waals surface area (Å²) in [6.07, 6.45) is 34.8. The molecule has 39 heavy (non-hydrogen) atoms. The molecular formula is C35H69NO3. The Morgan fingerprint density at radius 3 is 1.38 bits per heavy atom. The Bertz CT molecular complexity index is 594. The van der Waals surface area contributed by atoms with Crippen LogP contribution in [0.4, 0.5) is 0 Å². The maximum atomic E-state index is 12.4. The van der Waals surface area contributed by atoms with E-state index >= 15 is 0 Å². The van der Waals surface area contributed by atoms with Gasteiger partial charge in [-0.3, -0.25) is 4.79 Å². The summed E-state index contributed by atoms with van der Waals surface area (Å²) in [6.45, 7) is 1.82. The van der Waals surface area contributed by atoms with Crippen LogP contribution in [0.3, 0.4) is 0 Å². The van der Waals surface area contributed by atoms with Crippen molar-refractivity contribution < 1.29 is 17.7 Å². The summed E-state index contributed by atoms with van der Waals surface area (Å²) in [7, 11) is 0. The van der Waals surface area contributed by atoms with Gasteiger partial charge in [0.2, 0.25) is 5.91 Å². The molecule has 4 nitrogen and oxygen atoms in total. The second-order valence-electron chi connectivity index (χ2n) is 11.8. The molecule has 0 radical (unpaired) electrons. The molecule has 0 saturated heterocycles. The number of hydrogen-bond acceptors (Lipinski definition) is 3. The lowest BCUT2D eigenvalue weighted by Gasteiger charge is -2.20. The third-order valence-corrected chi connectivity index (χ3v) is 7.86. The number of aliphatic hydroxyl groups excluding tert-OH is 1. The number of carbonyl (C=O) groups excluding carboxylic acids is 1. The summed E-state index contributed by atoms with van der Waals surface area (Å²) < 4.78 is 15.4. The van der Waals surface area contributed by atoms with Crippen molar-refractivity contribution in [3.05, 3.63) is 12.2 Å². The largest absolute Gasteiger partial charge is 0.394 e. The fourth-order valence-corrected chi connectivity index (χ4v) is 5.19. The zero-order chi connectivity index (χ0) is 30.4. The Kier molecular flexibility index (Phi) is 27.9. The van der Waals surface area contributed by atoms with Crippen LogP contribution in [-0.2, 0) is 4.79 Å². The van der Waals surface area contributed by atoms with Crippen molar-refractivity contribution in [3.63, 3.8) is 0 Å². The molecule has 0 rings (SSSR count). The second kappa shape index (κ2) is 31.7. The lowest BCUT2D eigenvalue weighted by atomic mass is 10.0. The van der Waals surface area contributed by atoms with E-state index in [1.54, 1.807) is 0 Å². The van der Waals surface area contributed by atoms with Crippen molar-refractivity contribution >= 4 is 5.91 Å². The molecule has 0 aliphatic carbocycles. The fourth-order valence-electron chi connectivity index (χ4n) is 5.19. The summed E-state index contributed by atoms with van der Waals surface area (Å²) in [5, 5.41) is 22.9. The Hall–Kier alpha value is -0.870. The van der Waals surface area contributed by atoms with E-state index in [0.717, 1.165) is 38.5 Å². The summed E-state index contributed by atoms with van der Waals surface area (Å²) in [5.74, 6) is -0.315. The van der Waals surface area contributed by atoms with Crippen molar-refractivity contribution in [2.75, 3.05) is 6.56 Å².